The molecule has 0 aliphatic heterocycles. The summed E-state index contributed by atoms with van der Waals surface area (Å²) >= 11 is 1.41. The van der Waals surface area contributed by atoms with E-state index in [1.54, 1.807) is 24.4 Å². The molecule has 0 atom stereocenters. The van der Waals surface area contributed by atoms with Gasteiger partial charge >= 0.3 is 0 Å². The Morgan fingerprint density at radius 1 is 1.23 bits per heavy atom. The molecule has 2 aromatic heterocycles. The molecule has 0 bridgehead atoms. The van der Waals surface area contributed by atoms with Crippen molar-refractivity contribution in [2.45, 2.75) is 12.7 Å². The third-order valence-corrected chi connectivity index (χ3v) is 4.53. The molecule has 0 saturated heterocycles. The van der Waals surface area contributed by atoms with Gasteiger partial charge in [0.15, 0.2) is 0 Å². The fourth-order valence-electron chi connectivity index (χ4n) is 2.46. The number of nitrogens with zero attached hydrogens (tertiary/aromatic N) is 2. The maximum absolute atomic E-state index is 12.2. The molecule has 0 aliphatic rings. The second-order valence-corrected chi connectivity index (χ2v) is 6.47. The molecular formula is C19H19N3O3S. The minimum atomic E-state index is -0.125. The van der Waals surface area contributed by atoms with Crippen LogP contribution in [0.4, 0.5) is 5.69 Å². The van der Waals surface area contributed by atoms with Gasteiger partial charge in [0.05, 0.1) is 23.7 Å². The lowest BCUT2D eigenvalue weighted by Gasteiger charge is -2.11. The number of aromatic nitrogens is 2. The van der Waals surface area contributed by atoms with Gasteiger partial charge in [-0.25, -0.2) is 4.98 Å². The number of fused-ring (bicyclic) bond motifs is 1. The predicted molar refractivity (Wildman–Crippen MR) is 104 cm³/mol. The third-order valence-electron chi connectivity index (χ3n) is 3.57. The number of pyridine rings is 1. The number of hydrogen-bond acceptors (Lipinski definition) is 5. The second kappa shape index (κ2) is 8.53. The molecule has 6 nitrogen and oxygen atoms in total. The minimum absolute atomic E-state index is 0.124. The number of anilines is 1. The molecule has 7 heteroatoms. The first-order valence-electron chi connectivity index (χ1n) is 8.24. The quantitative estimate of drug-likeness (QED) is 0.693. The number of ether oxygens (including phenoxy) is 1. The lowest BCUT2D eigenvalue weighted by Crippen LogP contribution is -2.16. The van der Waals surface area contributed by atoms with Gasteiger partial charge in [-0.2, -0.15) is 0 Å². The summed E-state index contributed by atoms with van der Waals surface area (Å²) in [7, 11) is 0. The van der Waals surface area contributed by atoms with E-state index in [1.165, 1.54) is 22.2 Å². The summed E-state index contributed by atoms with van der Waals surface area (Å²) in [6, 6.07) is 14.2. The first kappa shape index (κ1) is 18.0. The van der Waals surface area contributed by atoms with Crippen molar-refractivity contribution < 1.29 is 9.53 Å². The zero-order chi connectivity index (χ0) is 18.4. The summed E-state index contributed by atoms with van der Waals surface area (Å²) in [6.07, 6.45) is 1.69. The molecule has 134 valence electrons. The number of hydrogen-bond donors (Lipinski definition) is 1. The number of amides is 1. The highest BCUT2D eigenvalue weighted by atomic mass is 32.2. The molecule has 0 radical (unpaired) electrons. The van der Waals surface area contributed by atoms with Gasteiger partial charge in [-0.1, -0.05) is 18.2 Å². The lowest BCUT2D eigenvalue weighted by atomic mass is 10.3. The van der Waals surface area contributed by atoms with E-state index in [2.05, 4.69) is 10.3 Å². The Morgan fingerprint density at radius 2 is 2.04 bits per heavy atom. The summed E-state index contributed by atoms with van der Waals surface area (Å²) in [5.74, 6) is 1.27. The van der Waals surface area contributed by atoms with Crippen molar-refractivity contribution in [1.82, 2.24) is 9.38 Å². The molecule has 1 N–H and O–H groups in total. The third kappa shape index (κ3) is 4.43. The Bertz CT molecular complexity index is 971. The van der Waals surface area contributed by atoms with Gasteiger partial charge in [0, 0.05) is 18.0 Å². The molecular weight excluding hydrogens is 350 g/mol. The van der Waals surface area contributed by atoms with E-state index in [9.17, 15) is 9.59 Å². The standard InChI is InChI=1S/C19H19N3O3S/c1-2-25-16-8-4-3-7-15(16)21-18(23)13-26-12-14-11-19(24)22-10-6-5-9-17(22)20-14/h3-11H,2,12-13H2,1H3,(H,21,23). The van der Waals surface area contributed by atoms with Crippen LogP contribution in [0.5, 0.6) is 5.75 Å². The maximum Gasteiger partial charge on any atom is 0.258 e. The van der Waals surface area contributed by atoms with Crippen molar-refractivity contribution in [1.29, 1.82) is 0 Å². The molecule has 0 unspecified atom stereocenters. The van der Waals surface area contributed by atoms with Crippen molar-refractivity contribution in [3.63, 3.8) is 0 Å². The van der Waals surface area contributed by atoms with E-state index in [0.717, 1.165) is 0 Å². The van der Waals surface area contributed by atoms with E-state index < -0.39 is 0 Å². The largest absolute Gasteiger partial charge is 0.492 e. The van der Waals surface area contributed by atoms with Crippen LogP contribution < -0.4 is 15.6 Å². The van der Waals surface area contributed by atoms with Crippen LogP contribution in [0.3, 0.4) is 0 Å². The lowest BCUT2D eigenvalue weighted by molar-refractivity contribution is -0.113. The highest BCUT2D eigenvalue weighted by Crippen LogP contribution is 2.24. The minimum Gasteiger partial charge on any atom is -0.492 e. The fraction of sp³-hybridized carbons (Fsp3) is 0.211. The van der Waals surface area contributed by atoms with Crippen LogP contribution in [0, 0.1) is 0 Å². The number of thioether (sulfide) groups is 1. The zero-order valence-electron chi connectivity index (χ0n) is 14.3. The van der Waals surface area contributed by atoms with E-state index in [-0.39, 0.29) is 17.2 Å². The van der Waals surface area contributed by atoms with Crippen molar-refractivity contribution in [3.8, 4) is 5.75 Å². The first-order valence-corrected chi connectivity index (χ1v) is 9.39. The van der Waals surface area contributed by atoms with Crippen molar-refractivity contribution in [2.24, 2.45) is 0 Å². The summed E-state index contributed by atoms with van der Waals surface area (Å²) in [5, 5.41) is 2.85. The van der Waals surface area contributed by atoms with Crippen LogP contribution in [0.2, 0.25) is 0 Å². The predicted octanol–water partition coefficient (Wildman–Crippen LogP) is 2.97. The Labute approximate surface area is 155 Å². The molecule has 3 aromatic rings. The van der Waals surface area contributed by atoms with Crippen molar-refractivity contribution in [2.75, 3.05) is 17.7 Å². The van der Waals surface area contributed by atoms with Gasteiger partial charge in [0.1, 0.15) is 11.4 Å². The molecule has 0 spiro atoms. The van der Waals surface area contributed by atoms with E-state index in [1.807, 2.05) is 31.2 Å². The molecule has 0 aliphatic carbocycles. The summed E-state index contributed by atoms with van der Waals surface area (Å²) in [6.45, 7) is 2.43. The first-order chi connectivity index (χ1) is 12.7. The van der Waals surface area contributed by atoms with E-state index in [4.69, 9.17) is 4.74 Å². The molecule has 0 saturated carbocycles. The maximum atomic E-state index is 12.2. The van der Waals surface area contributed by atoms with Crippen molar-refractivity contribution >= 4 is 29.0 Å². The number of para-hydroxylation sites is 2. The van der Waals surface area contributed by atoms with Crippen LogP contribution in [-0.4, -0.2) is 27.7 Å². The highest BCUT2D eigenvalue weighted by molar-refractivity contribution is 7.99. The van der Waals surface area contributed by atoms with Crippen LogP contribution in [0.25, 0.3) is 5.65 Å². The van der Waals surface area contributed by atoms with E-state index >= 15 is 0 Å². The SMILES string of the molecule is CCOc1ccccc1NC(=O)CSCc1cc(=O)n2ccccc2n1. The summed E-state index contributed by atoms with van der Waals surface area (Å²) < 4.78 is 6.99. The average Bonchev–Trinajstić information content (AvgIpc) is 2.64. The molecule has 1 aromatic carbocycles. The molecule has 3 rings (SSSR count). The Kier molecular flexibility index (Phi) is 5.91. The smallest absolute Gasteiger partial charge is 0.258 e. The van der Waals surface area contributed by atoms with E-state index in [0.29, 0.717) is 35.1 Å². The number of rotatable bonds is 7. The van der Waals surface area contributed by atoms with Crippen LogP contribution >= 0.6 is 11.8 Å². The fourth-order valence-corrected chi connectivity index (χ4v) is 3.18. The topological polar surface area (TPSA) is 72.7 Å². The summed E-state index contributed by atoms with van der Waals surface area (Å²) in [4.78, 5) is 28.7. The summed E-state index contributed by atoms with van der Waals surface area (Å²) in [5.41, 5.74) is 1.79. The second-order valence-electron chi connectivity index (χ2n) is 5.48. The highest BCUT2D eigenvalue weighted by Gasteiger charge is 2.08. The Hall–Kier alpha value is -2.80. The normalized spacial score (nSPS) is 10.7. The molecule has 0 fully saturated rings. The van der Waals surface area contributed by atoms with Crippen LogP contribution in [0.15, 0.2) is 59.5 Å². The number of carbonyl (C=O) groups excluding carboxylic acids is 1. The van der Waals surface area contributed by atoms with Crippen molar-refractivity contribution in [3.05, 3.63) is 70.8 Å². The molecule has 1 amide bonds. The van der Waals surface area contributed by atoms with Gasteiger partial charge in [0.25, 0.3) is 5.56 Å². The Morgan fingerprint density at radius 3 is 2.88 bits per heavy atom. The number of carbonyl (C=O) groups is 1. The average molecular weight is 369 g/mol. The van der Waals surface area contributed by atoms with Crippen LogP contribution in [0.1, 0.15) is 12.6 Å². The molecule has 26 heavy (non-hydrogen) atoms. The number of nitrogens with one attached hydrogen (secondary N) is 1. The number of benzene rings is 1. The van der Waals surface area contributed by atoms with Gasteiger partial charge < -0.3 is 10.1 Å². The van der Waals surface area contributed by atoms with Gasteiger partial charge in [-0.05, 0) is 31.2 Å². The van der Waals surface area contributed by atoms with Gasteiger partial charge in [-0.15, -0.1) is 11.8 Å². The Balaban J connectivity index is 1.58. The van der Waals surface area contributed by atoms with Crippen LogP contribution in [-0.2, 0) is 10.5 Å². The monoisotopic (exact) mass is 369 g/mol. The molecule has 2 heterocycles. The van der Waals surface area contributed by atoms with Gasteiger partial charge in [0.2, 0.25) is 5.91 Å². The van der Waals surface area contributed by atoms with Gasteiger partial charge in [-0.3, -0.25) is 14.0 Å². The zero-order valence-corrected chi connectivity index (χ0v) is 15.2.